The summed E-state index contributed by atoms with van der Waals surface area (Å²) in [6.07, 6.45) is 5.42. The van der Waals surface area contributed by atoms with Crippen molar-refractivity contribution in [3.63, 3.8) is 0 Å². The molecular weight excluding hydrogens is 198 g/mol. The maximum atomic E-state index is 5.82. The molecule has 2 atom stereocenters. The second-order valence-corrected chi connectivity index (χ2v) is 4.90. The van der Waals surface area contributed by atoms with E-state index in [4.69, 9.17) is 10.5 Å². The first-order valence-corrected chi connectivity index (χ1v) is 6.24. The van der Waals surface area contributed by atoms with E-state index in [0.29, 0.717) is 0 Å². The molecule has 1 aliphatic rings. The van der Waals surface area contributed by atoms with Crippen LogP contribution in [0.3, 0.4) is 0 Å². The zero-order chi connectivity index (χ0) is 11.4. The molecular formula is C14H21NO. The Balaban J connectivity index is 1.84. The summed E-state index contributed by atoms with van der Waals surface area (Å²) in [5, 5.41) is 0. The highest BCUT2D eigenvalue weighted by molar-refractivity contribution is 5.41. The quantitative estimate of drug-likeness (QED) is 0.790. The van der Waals surface area contributed by atoms with Crippen molar-refractivity contribution in [3.8, 4) is 5.75 Å². The molecule has 2 nitrogen and oxygen atoms in total. The van der Waals surface area contributed by atoms with Crippen molar-refractivity contribution in [2.75, 3.05) is 12.3 Å². The molecule has 2 unspecified atom stereocenters. The Morgan fingerprint density at radius 1 is 1.19 bits per heavy atom. The molecule has 0 radical (unpaired) electrons. The number of nitrogen functional groups attached to an aromatic ring is 1. The van der Waals surface area contributed by atoms with Gasteiger partial charge in [0.15, 0.2) is 0 Å². The van der Waals surface area contributed by atoms with E-state index in [-0.39, 0.29) is 0 Å². The van der Waals surface area contributed by atoms with Gasteiger partial charge in [0.1, 0.15) is 5.75 Å². The highest BCUT2D eigenvalue weighted by Gasteiger charge is 2.21. The summed E-state index contributed by atoms with van der Waals surface area (Å²) in [6, 6.07) is 7.67. The van der Waals surface area contributed by atoms with E-state index in [0.717, 1.165) is 29.9 Å². The standard InChI is InChI=1S/C14H21NO/c1-11-4-2-3-5-12(11)10-16-14-8-6-13(15)7-9-14/h6-9,11-12H,2-5,10,15H2,1H3. The minimum Gasteiger partial charge on any atom is -0.493 e. The summed E-state index contributed by atoms with van der Waals surface area (Å²) in [4.78, 5) is 0. The van der Waals surface area contributed by atoms with Gasteiger partial charge in [0, 0.05) is 5.69 Å². The van der Waals surface area contributed by atoms with Crippen LogP contribution in [-0.4, -0.2) is 6.61 Å². The number of hydrogen-bond acceptors (Lipinski definition) is 2. The van der Waals surface area contributed by atoms with Crippen molar-refractivity contribution in [2.45, 2.75) is 32.6 Å². The summed E-state index contributed by atoms with van der Waals surface area (Å²) in [5.41, 5.74) is 6.42. The van der Waals surface area contributed by atoms with Crippen molar-refractivity contribution in [1.82, 2.24) is 0 Å². The summed E-state index contributed by atoms with van der Waals surface area (Å²) >= 11 is 0. The fraction of sp³-hybridized carbons (Fsp3) is 0.571. The van der Waals surface area contributed by atoms with Crippen molar-refractivity contribution in [3.05, 3.63) is 24.3 Å². The van der Waals surface area contributed by atoms with Crippen LogP contribution in [-0.2, 0) is 0 Å². The molecule has 0 aromatic heterocycles. The van der Waals surface area contributed by atoms with E-state index >= 15 is 0 Å². The minimum absolute atomic E-state index is 0.728. The average Bonchev–Trinajstić information content (AvgIpc) is 2.30. The number of rotatable bonds is 3. The maximum absolute atomic E-state index is 5.82. The second kappa shape index (κ2) is 5.24. The first kappa shape index (κ1) is 11.3. The van der Waals surface area contributed by atoms with Gasteiger partial charge in [0.25, 0.3) is 0 Å². The maximum Gasteiger partial charge on any atom is 0.119 e. The van der Waals surface area contributed by atoms with Gasteiger partial charge in [0.05, 0.1) is 6.61 Å². The van der Waals surface area contributed by atoms with Gasteiger partial charge in [-0.1, -0.05) is 26.2 Å². The van der Waals surface area contributed by atoms with E-state index in [9.17, 15) is 0 Å². The molecule has 88 valence electrons. The van der Waals surface area contributed by atoms with Gasteiger partial charge in [-0.05, 0) is 42.5 Å². The van der Waals surface area contributed by atoms with Gasteiger partial charge < -0.3 is 10.5 Å². The summed E-state index contributed by atoms with van der Waals surface area (Å²) in [5.74, 6) is 2.47. The fourth-order valence-electron chi connectivity index (χ4n) is 2.41. The molecule has 16 heavy (non-hydrogen) atoms. The first-order chi connectivity index (χ1) is 7.75. The Kier molecular flexibility index (Phi) is 3.70. The van der Waals surface area contributed by atoms with Crippen molar-refractivity contribution in [2.24, 2.45) is 11.8 Å². The predicted molar refractivity (Wildman–Crippen MR) is 67.5 cm³/mol. The van der Waals surface area contributed by atoms with Crippen LogP contribution in [0.1, 0.15) is 32.6 Å². The number of nitrogens with two attached hydrogens (primary N) is 1. The fourth-order valence-corrected chi connectivity index (χ4v) is 2.41. The van der Waals surface area contributed by atoms with Crippen LogP contribution >= 0.6 is 0 Å². The van der Waals surface area contributed by atoms with Gasteiger partial charge in [0.2, 0.25) is 0 Å². The topological polar surface area (TPSA) is 35.2 Å². The first-order valence-electron chi connectivity index (χ1n) is 6.24. The zero-order valence-electron chi connectivity index (χ0n) is 9.99. The molecule has 0 heterocycles. The normalized spacial score (nSPS) is 25.3. The highest BCUT2D eigenvalue weighted by Crippen LogP contribution is 2.30. The van der Waals surface area contributed by atoms with Crippen molar-refractivity contribution >= 4 is 5.69 Å². The van der Waals surface area contributed by atoms with Gasteiger partial charge in [-0.3, -0.25) is 0 Å². The van der Waals surface area contributed by atoms with Crippen LogP contribution in [0.4, 0.5) is 5.69 Å². The second-order valence-electron chi connectivity index (χ2n) is 4.90. The van der Waals surface area contributed by atoms with Crippen LogP contribution in [0.5, 0.6) is 5.75 Å². The monoisotopic (exact) mass is 219 g/mol. The Labute approximate surface area is 97.8 Å². The smallest absolute Gasteiger partial charge is 0.119 e. The number of anilines is 1. The molecule has 1 aromatic rings. The molecule has 0 amide bonds. The molecule has 2 rings (SSSR count). The molecule has 2 N–H and O–H groups in total. The minimum atomic E-state index is 0.728. The van der Waals surface area contributed by atoms with E-state index in [2.05, 4.69) is 6.92 Å². The van der Waals surface area contributed by atoms with Crippen LogP contribution in [0, 0.1) is 11.8 Å². The number of hydrogen-bond donors (Lipinski definition) is 1. The molecule has 0 bridgehead atoms. The third-order valence-corrected chi connectivity index (χ3v) is 3.63. The molecule has 0 aliphatic heterocycles. The lowest BCUT2D eigenvalue weighted by atomic mass is 9.81. The van der Waals surface area contributed by atoms with Crippen LogP contribution in [0.15, 0.2) is 24.3 Å². The molecule has 2 heteroatoms. The summed E-state index contributed by atoms with van der Waals surface area (Å²) < 4.78 is 5.82. The molecule has 1 fully saturated rings. The van der Waals surface area contributed by atoms with E-state index in [1.165, 1.54) is 25.7 Å². The Morgan fingerprint density at radius 3 is 2.56 bits per heavy atom. The molecule has 1 saturated carbocycles. The van der Waals surface area contributed by atoms with Gasteiger partial charge in [-0.25, -0.2) is 0 Å². The van der Waals surface area contributed by atoms with Crippen molar-refractivity contribution < 1.29 is 4.74 Å². The van der Waals surface area contributed by atoms with E-state index < -0.39 is 0 Å². The largest absolute Gasteiger partial charge is 0.493 e. The van der Waals surface area contributed by atoms with Crippen LogP contribution in [0.2, 0.25) is 0 Å². The number of benzene rings is 1. The summed E-state index contributed by atoms with van der Waals surface area (Å²) in [6.45, 7) is 3.20. The van der Waals surface area contributed by atoms with Crippen molar-refractivity contribution in [1.29, 1.82) is 0 Å². The molecule has 1 aromatic carbocycles. The lowest BCUT2D eigenvalue weighted by molar-refractivity contribution is 0.159. The molecule has 0 spiro atoms. The van der Waals surface area contributed by atoms with Gasteiger partial charge in [-0.2, -0.15) is 0 Å². The molecule has 1 aliphatic carbocycles. The summed E-state index contributed by atoms with van der Waals surface area (Å²) in [7, 11) is 0. The lowest BCUT2D eigenvalue weighted by Gasteiger charge is -2.28. The lowest BCUT2D eigenvalue weighted by Crippen LogP contribution is -2.23. The Morgan fingerprint density at radius 2 is 1.88 bits per heavy atom. The molecule has 0 saturated heterocycles. The predicted octanol–water partition coefficient (Wildman–Crippen LogP) is 3.47. The third kappa shape index (κ3) is 2.91. The van der Waals surface area contributed by atoms with E-state index in [1.807, 2.05) is 24.3 Å². The van der Waals surface area contributed by atoms with E-state index in [1.54, 1.807) is 0 Å². The Hall–Kier alpha value is -1.18. The number of ether oxygens (including phenoxy) is 1. The van der Waals surface area contributed by atoms with Crippen LogP contribution < -0.4 is 10.5 Å². The Bertz CT molecular complexity index is 320. The average molecular weight is 219 g/mol. The zero-order valence-corrected chi connectivity index (χ0v) is 9.99. The van der Waals surface area contributed by atoms with Gasteiger partial charge in [-0.15, -0.1) is 0 Å². The van der Waals surface area contributed by atoms with Crippen LogP contribution in [0.25, 0.3) is 0 Å². The SMILES string of the molecule is CC1CCCCC1COc1ccc(N)cc1. The third-order valence-electron chi connectivity index (χ3n) is 3.63. The van der Waals surface area contributed by atoms with Gasteiger partial charge >= 0.3 is 0 Å². The highest BCUT2D eigenvalue weighted by atomic mass is 16.5.